The van der Waals surface area contributed by atoms with Crippen LogP contribution in [-0.2, 0) is 4.79 Å². The predicted molar refractivity (Wildman–Crippen MR) is 101 cm³/mol. The summed E-state index contributed by atoms with van der Waals surface area (Å²) in [5, 5.41) is 5.69. The van der Waals surface area contributed by atoms with Crippen molar-refractivity contribution in [3.8, 4) is 5.75 Å². The molecule has 0 radical (unpaired) electrons. The largest absolute Gasteiger partial charge is 0.484 e. The lowest BCUT2D eigenvalue weighted by molar-refractivity contribution is -0.124. The van der Waals surface area contributed by atoms with Gasteiger partial charge in [-0.15, -0.1) is 0 Å². The first-order valence-corrected chi connectivity index (χ1v) is 9.19. The molecule has 3 rings (SSSR count). The van der Waals surface area contributed by atoms with E-state index in [2.05, 4.69) is 10.6 Å². The summed E-state index contributed by atoms with van der Waals surface area (Å²) < 4.78 is 18.4. The third-order valence-electron chi connectivity index (χ3n) is 4.56. The number of nitrogens with one attached hydrogen (secondary N) is 2. The molecule has 2 aromatic rings. The fourth-order valence-electron chi connectivity index (χ4n) is 3.10. The van der Waals surface area contributed by atoms with Gasteiger partial charge in [0.15, 0.2) is 6.61 Å². The van der Waals surface area contributed by atoms with Gasteiger partial charge in [0.2, 0.25) is 0 Å². The zero-order valence-corrected chi connectivity index (χ0v) is 15.0. The van der Waals surface area contributed by atoms with Crippen LogP contribution in [0.2, 0.25) is 0 Å². The van der Waals surface area contributed by atoms with E-state index in [1.165, 1.54) is 30.7 Å². The van der Waals surface area contributed by atoms with Gasteiger partial charge in [0.05, 0.1) is 0 Å². The molecule has 2 amide bonds. The summed E-state index contributed by atoms with van der Waals surface area (Å²) >= 11 is 0. The van der Waals surface area contributed by atoms with E-state index < -0.39 is 0 Å². The Morgan fingerprint density at radius 1 is 0.963 bits per heavy atom. The molecule has 1 aliphatic rings. The molecule has 1 aliphatic carbocycles. The van der Waals surface area contributed by atoms with Gasteiger partial charge in [-0.3, -0.25) is 9.59 Å². The van der Waals surface area contributed by atoms with Gasteiger partial charge in [0, 0.05) is 17.3 Å². The fourth-order valence-corrected chi connectivity index (χ4v) is 3.10. The minimum absolute atomic E-state index is 0.0440. The van der Waals surface area contributed by atoms with Crippen molar-refractivity contribution in [2.24, 2.45) is 0 Å². The van der Waals surface area contributed by atoms with Crippen molar-refractivity contribution >= 4 is 17.5 Å². The third kappa shape index (κ3) is 5.81. The van der Waals surface area contributed by atoms with Crippen LogP contribution in [0.3, 0.4) is 0 Å². The monoisotopic (exact) mass is 370 g/mol. The second-order valence-electron chi connectivity index (χ2n) is 6.68. The van der Waals surface area contributed by atoms with E-state index in [-0.39, 0.29) is 30.3 Å². The molecular formula is C21H23FN2O3. The first-order valence-electron chi connectivity index (χ1n) is 9.19. The molecule has 2 N–H and O–H groups in total. The number of halogens is 1. The van der Waals surface area contributed by atoms with Crippen LogP contribution in [-0.4, -0.2) is 24.5 Å². The lowest BCUT2D eigenvalue weighted by Gasteiger charge is -2.22. The molecule has 0 heterocycles. The Bertz CT molecular complexity index is 769. The Morgan fingerprint density at radius 2 is 1.63 bits per heavy atom. The Hall–Kier alpha value is -2.89. The Labute approximate surface area is 157 Å². The number of hydrogen-bond donors (Lipinski definition) is 2. The third-order valence-corrected chi connectivity index (χ3v) is 4.56. The molecule has 0 atom stereocenters. The van der Waals surface area contributed by atoms with Crippen LogP contribution >= 0.6 is 0 Å². The number of anilines is 1. The molecule has 0 aromatic heterocycles. The summed E-state index contributed by atoms with van der Waals surface area (Å²) in [6.07, 6.45) is 5.62. The van der Waals surface area contributed by atoms with Gasteiger partial charge in [0.25, 0.3) is 11.8 Å². The maximum Gasteiger partial charge on any atom is 0.258 e. The van der Waals surface area contributed by atoms with Crippen molar-refractivity contribution in [1.82, 2.24) is 5.32 Å². The van der Waals surface area contributed by atoms with Gasteiger partial charge < -0.3 is 15.4 Å². The highest BCUT2D eigenvalue weighted by Crippen LogP contribution is 2.18. The highest BCUT2D eigenvalue weighted by atomic mass is 19.1. The van der Waals surface area contributed by atoms with Crippen molar-refractivity contribution < 1.29 is 18.7 Å². The second-order valence-corrected chi connectivity index (χ2v) is 6.68. The van der Waals surface area contributed by atoms with Crippen LogP contribution in [0.15, 0.2) is 48.5 Å². The first-order chi connectivity index (χ1) is 13.1. The van der Waals surface area contributed by atoms with Gasteiger partial charge in [-0.25, -0.2) is 4.39 Å². The van der Waals surface area contributed by atoms with E-state index in [4.69, 9.17) is 4.74 Å². The molecule has 6 heteroatoms. The van der Waals surface area contributed by atoms with Crippen LogP contribution in [0.1, 0.15) is 42.5 Å². The average molecular weight is 370 g/mol. The van der Waals surface area contributed by atoms with Crippen LogP contribution in [0.5, 0.6) is 5.75 Å². The molecule has 0 spiro atoms. The number of ether oxygens (including phenoxy) is 1. The minimum Gasteiger partial charge on any atom is -0.484 e. The Balaban J connectivity index is 1.47. The molecule has 0 aliphatic heterocycles. The number of hydrogen-bond acceptors (Lipinski definition) is 3. The van der Waals surface area contributed by atoms with E-state index in [0.29, 0.717) is 17.0 Å². The van der Waals surface area contributed by atoms with Crippen LogP contribution in [0, 0.1) is 5.82 Å². The highest BCUT2D eigenvalue weighted by Gasteiger charge is 2.16. The average Bonchev–Trinajstić information content (AvgIpc) is 2.69. The van der Waals surface area contributed by atoms with E-state index in [9.17, 15) is 14.0 Å². The Morgan fingerprint density at radius 3 is 2.30 bits per heavy atom. The van der Waals surface area contributed by atoms with Crippen molar-refractivity contribution in [2.75, 3.05) is 11.9 Å². The van der Waals surface area contributed by atoms with E-state index in [0.717, 1.165) is 25.7 Å². The summed E-state index contributed by atoms with van der Waals surface area (Å²) in [7, 11) is 0. The number of amides is 2. The molecule has 0 bridgehead atoms. The van der Waals surface area contributed by atoms with Crippen LogP contribution in [0.4, 0.5) is 10.1 Å². The topological polar surface area (TPSA) is 67.4 Å². The molecular weight excluding hydrogens is 347 g/mol. The predicted octanol–water partition coefficient (Wildman–Crippen LogP) is 3.91. The highest BCUT2D eigenvalue weighted by molar-refractivity contribution is 6.04. The van der Waals surface area contributed by atoms with E-state index in [1.54, 1.807) is 24.3 Å². The summed E-state index contributed by atoms with van der Waals surface area (Å²) in [6, 6.07) is 12.3. The zero-order valence-electron chi connectivity index (χ0n) is 15.0. The summed E-state index contributed by atoms with van der Waals surface area (Å²) in [5.41, 5.74) is 0.958. The van der Waals surface area contributed by atoms with Crippen molar-refractivity contribution in [1.29, 1.82) is 0 Å². The van der Waals surface area contributed by atoms with Crippen LogP contribution in [0.25, 0.3) is 0 Å². The van der Waals surface area contributed by atoms with Gasteiger partial charge in [-0.2, -0.15) is 0 Å². The molecule has 27 heavy (non-hydrogen) atoms. The summed E-state index contributed by atoms with van der Waals surface area (Å²) in [5.74, 6) is -0.266. The quantitative estimate of drug-likeness (QED) is 0.810. The number of carbonyl (C=O) groups excluding carboxylic acids is 2. The fraction of sp³-hybridized carbons (Fsp3) is 0.333. The van der Waals surface area contributed by atoms with E-state index >= 15 is 0 Å². The number of benzene rings is 2. The zero-order chi connectivity index (χ0) is 19.1. The normalized spacial score (nSPS) is 14.4. The van der Waals surface area contributed by atoms with Crippen molar-refractivity contribution in [3.05, 3.63) is 59.9 Å². The second kappa shape index (κ2) is 9.16. The van der Waals surface area contributed by atoms with Gasteiger partial charge >= 0.3 is 0 Å². The molecule has 1 saturated carbocycles. The number of carbonyl (C=O) groups is 2. The smallest absolute Gasteiger partial charge is 0.258 e. The maximum absolute atomic E-state index is 12.9. The van der Waals surface area contributed by atoms with Gasteiger partial charge in [-0.05, 0) is 61.4 Å². The lowest BCUT2D eigenvalue weighted by Crippen LogP contribution is -2.38. The van der Waals surface area contributed by atoms with E-state index in [1.807, 2.05) is 0 Å². The molecule has 1 fully saturated rings. The van der Waals surface area contributed by atoms with Gasteiger partial charge in [0.1, 0.15) is 11.6 Å². The maximum atomic E-state index is 12.9. The van der Waals surface area contributed by atoms with Gasteiger partial charge in [-0.1, -0.05) is 19.3 Å². The first kappa shape index (κ1) is 18.9. The molecule has 0 saturated heterocycles. The molecule has 142 valence electrons. The standard InChI is InChI=1S/C21H23FN2O3/c22-16-8-10-18(11-9-16)24-21(26)15-6-12-19(13-7-15)27-14-20(25)23-17-4-2-1-3-5-17/h6-13,17H,1-5,14H2,(H,23,25)(H,24,26). The summed E-state index contributed by atoms with van der Waals surface area (Å²) in [4.78, 5) is 24.1. The summed E-state index contributed by atoms with van der Waals surface area (Å²) in [6.45, 7) is -0.0440. The molecule has 5 nitrogen and oxygen atoms in total. The molecule has 0 unspecified atom stereocenters. The SMILES string of the molecule is O=C(COc1ccc(C(=O)Nc2ccc(F)cc2)cc1)NC1CCCCC1. The Kier molecular flexibility index (Phi) is 6.41. The van der Waals surface area contributed by atoms with Crippen molar-refractivity contribution in [3.63, 3.8) is 0 Å². The molecule has 2 aromatic carbocycles. The lowest BCUT2D eigenvalue weighted by atomic mass is 9.95. The van der Waals surface area contributed by atoms with Crippen LogP contribution < -0.4 is 15.4 Å². The minimum atomic E-state index is -0.359. The number of rotatable bonds is 6. The van der Waals surface area contributed by atoms with Crippen molar-refractivity contribution in [2.45, 2.75) is 38.1 Å².